The molecule has 1 aliphatic carbocycles. The van der Waals surface area contributed by atoms with Gasteiger partial charge in [0.2, 0.25) is 0 Å². The molecule has 0 amide bonds. The molecule has 1 fully saturated rings. The zero-order valence-corrected chi connectivity index (χ0v) is 10.7. The van der Waals surface area contributed by atoms with Gasteiger partial charge in [0.15, 0.2) is 11.6 Å². The smallest absolute Gasteiger partial charge is 0.488 e. The van der Waals surface area contributed by atoms with Gasteiger partial charge in [-0.15, -0.1) is 13.2 Å². The third-order valence-electron chi connectivity index (χ3n) is 2.78. The molecule has 20 heavy (non-hydrogen) atoms. The molecule has 0 spiro atoms. The highest BCUT2D eigenvalue weighted by Crippen LogP contribution is 2.22. The Morgan fingerprint density at radius 2 is 1.95 bits per heavy atom. The van der Waals surface area contributed by atoms with Gasteiger partial charge in [-0.05, 0) is 30.5 Å². The van der Waals surface area contributed by atoms with Gasteiger partial charge < -0.3 is 10.1 Å². The molecule has 0 radical (unpaired) electrons. The molecule has 3 nitrogen and oxygen atoms in total. The number of nitrogens with one attached hydrogen (secondary N) is 1. The van der Waals surface area contributed by atoms with Crippen LogP contribution >= 0.6 is 0 Å². The maximum absolute atomic E-state index is 13.6. The van der Waals surface area contributed by atoms with Crippen LogP contribution in [-0.4, -0.2) is 25.6 Å². The van der Waals surface area contributed by atoms with Crippen molar-refractivity contribution in [1.29, 1.82) is 0 Å². The zero-order chi connectivity index (χ0) is 14.6. The lowest BCUT2D eigenvalue weighted by atomic mass is 10.2. The van der Waals surface area contributed by atoms with Crippen LogP contribution in [0.1, 0.15) is 18.4 Å². The van der Waals surface area contributed by atoms with Gasteiger partial charge in [0, 0.05) is 12.6 Å². The summed E-state index contributed by atoms with van der Waals surface area (Å²) < 4.78 is 57.2. The van der Waals surface area contributed by atoms with Crippen LogP contribution < -0.4 is 10.1 Å². The highest BCUT2D eigenvalue weighted by atomic mass is 19.4. The van der Waals surface area contributed by atoms with Crippen LogP contribution in [0.25, 0.3) is 0 Å². The van der Waals surface area contributed by atoms with Crippen LogP contribution in [0.3, 0.4) is 0 Å². The Hall–Kier alpha value is -1.34. The molecule has 0 atom stereocenters. The summed E-state index contributed by atoms with van der Waals surface area (Å²) in [5.41, 5.74) is 0.772. The highest BCUT2D eigenvalue weighted by Gasteiger charge is 2.28. The molecule has 1 aromatic rings. The Morgan fingerprint density at radius 1 is 1.20 bits per heavy atom. The minimum atomic E-state index is -4.69. The summed E-state index contributed by atoms with van der Waals surface area (Å²) in [6, 6.07) is 4.93. The van der Waals surface area contributed by atoms with Gasteiger partial charge in [0.05, 0.1) is 6.61 Å². The monoisotopic (exact) mass is 293 g/mol. The van der Waals surface area contributed by atoms with Crippen LogP contribution in [0.15, 0.2) is 18.2 Å². The Labute approximate surface area is 113 Å². The van der Waals surface area contributed by atoms with E-state index in [1.54, 1.807) is 6.07 Å². The van der Waals surface area contributed by atoms with E-state index in [-0.39, 0.29) is 12.4 Å². The molecule has 2 rings (SSSR count). The van der Waals surface area contributed by atoms with E-state index < -0.39 is 18.8 Å². The number of alkyl halides is 3. The van der Waals surface area contributed by atoms with E-state index in [4.69, 9.17) is 4.74 Å². The van der Waals surface area contributed by atoms with E-state index in [1.165, 1.54) is 12.1 Å². The summed E-state index contributed by atoms with van der Waals surface area (Å²) in [4.78, 5) is 0. The number of halogens is 4. The van der Waals surface area contributed by atoms with Crippen molar-refractivity contribution in [2.75, 3.05) is 13.2 Å². The van der Waals surface area contributed by atoms with Gasteiger partial charge >= 0.3 is 6.36 Å². The van der Waals surface area contributed by atoms with E-state index in [0.29, 0.717) is 12.6 Å². The SMILES string of the molecule is Fc1cc(CNC2CC2)ccc1OCCOC(F)(F)F. The molecule has 1 saturated carbocycles. The van der Waals surface area contributed by atoms with Crippen LogP contribution in [0.4, 0.5) is 17.6 Å². The Bertz CT molecular complexity index is 446. The van der Waals surface area contributed by atoms with Crippen molar-refractivity contribution >= 4 is 0 Å². The van der Waals surface area contributed by atoms with Crippen molar-refractivity contribution in [3.05, 3.63) is 29.6 Å². The summed E-state index contributed by atoms with van der Waals surface area (Å²) in [7, 11) is 0. The van der Waals surface area contributed by atoms with Crippen LogP contribution in [-0.2, 0) is 11.3 Å². The molecule has 0 saturated heterocycles. The number of rotatable bonds is 7. The molecule has 0 heterocycles. The summed E-state index contributed by atoms with van der Waals surface area (Å²) >= 11 is 0. The molecule has 1 N–H and O–H groups in total. The second-order valence-corrected chi connectivity index (χ2v) is 4.56. The number of benzene rings is 1. The largest absolute Gasteiger partial charge is 0.522 e. The topological polar surface area (TPSA) is 30.5 Å². The van der Waals surface area contributed by atoms with E-state index >= 15 is 0 Å². The summed E-state index contributed by atoms with van der Waals surface area (Å²) in [5, 5.41) is 3.24. The molecule has 112 valence electrons. The Kier molecular flexibility index (Phi) is 4.82. The fourth-order valence-corrected chi connectivity index (χ4v) is 1.63. The maximum Gasteiger partial charge on any atom is 0.522 e. The van der Waals surface area contributed by atoms with Crippen molar-refractivity contribution < 1.29 is 27.0 Å². The first-order valence-electron chi connectivity index (χ1n) is 6.29. The summed E-state index contributed by atoms with van der Waals surface area (Å²) in [6.07, 6.45) is -2.41. The van der Waals surface area contributed by atoms with Crippen molar-refractivity contribution in [2.45, 2.75) is 31.8 Å². The Morgan fingerprint density at radius 3 is 2.55 bits per heavy atom. The fraction of sp³-hybridized carbons (Fsp3) is 0.538. The normalized spacial score (nSPS) is 15.4. The average Bonchev–Trinajstić information content (AvgIpc) is 3.17. The first-order valence-corrected chi connectivity index (χ1v) is 6.29. The maximum atomic E-state index is 13.6. The molecular weight excluding hydrogens is 278 g/mol. The summed E-state index contributed by atoms with van der Waals surface area (Å²) in [5.74, 6) is -0.668. The molecule has 0 aliphatic heterocycles. The van der Waals surface area contributed by atoms with Gasteiger partial charge in [0.25, 0.3) is 0 Å². The van der Waals surface area contributed by atoms with E-state index in [0.717, 1.165) is 18.4 Å². The zero-order valence-electron chi connectivity index (χ0n) is 10.7. The van der Waals surface area contributed by atoms with Crippen LogP contribution in [0, 0.1) is 5.82 Å². The van der Waals surface area contributed by atoms with Crippen molar-refractivity contribution in [2.24, 2.45) is 0 Å². The van der Waals surface area contributed by atoms with Gasteiger partial charge in [-0.3, -0.25) is 4.74 Å². The molecule has 0 bridgehead atoms. The minimum absolute atomic E-state index is 0.0778. The molecule has 7 heteroatoms. The second kappa shape index (κ2) is 6.41. The van der Waals surface area contributed by atoms with Gasteiger partial charge in [-0.1, -0.05) is 6.07 Å². The second-order valence-electron chi connectivity index (χ2n) is 4.56. The van der Waals surface area contributed by atoms with Crippen molar-refractivity contribution in [1.82, 2.24) is 5.32 Å². The third-order valence-corrected chi connectivity index (χ3v) is 2.78. The quantitative estimate of drug-likeness (QED) is 0.619. The van der Waals surface area contributed by atoms with Crippen molar-refractivity contribution in [3.8, 4) is 5.75 Å². The predicted octanol–water partition coefficient (Wildman–Crippen LogP) is 2.99. The van der Waals surface area contributed by atoms with E-state index in [1.807, 2.05) is 0 Å². The van der Waals surface area contributed by atoms with Crippen LogP contribution in [0.2, 0.25) is 0 Å². The average molecular weight is 293 g/mol. The number of hydrogen-bond donors (Lipinski definition) is 1. The Balaban J connectivity index is 1.76. The van der Waals surface area contributed by atoms with Gasteiger partial charge in [0.1, 0.15) is 6.61 Å². The highest BCUT2D eigenvalue weighted by molar-refractivity contribution is 5.29. The summed E-state index contributed by atoms with van der Waals surface area (Å²) in [6.45, 7) is -0.469. The minimum Gasteiger partial charge on any atom is -0.488 e. The molecule has 0 aromatic heterocycles. The van der Waals surface area contributed by atoms with E-state index in [9.17, 15) is 17.6 Å². The van der Waals surface area contributed by atoms with Crippen LogP contribution in [0.5, 0.6) is 5.75 Å². The lowest BCUT2D eigenvalue weighted by Crippen LogP contribution is -2.18. The standard InChI is InChI=1S/C13H15F4NO2/c14-11-7-9(8-18-10-2-3-10)1-4-12(11)19-5-6-20-13(15,16)17/h1,4,7,10,18H,2-3,5-6,8H2. The molecule has 1 aromatic carbocycles. The molecule has 1 aliphatic rings. The lowest BCUT2D eigenvalue weighted by molar-refractivity contribution is -0.325. The van der Waals surface area contributed by atoms with Gasteiger partial charge in [-0.2, -0.15) is 0 Å². The molecule has 0 unspecified atom stereocenters. The lowest BCUT2D eigenvalue weighted by Gasteiger charge is -2.10. The molecular formula is C13H15F4NO2. The first kappa shape index (κ1) is 15.1. The first-order chi connectivity index (χ1) is 9.44. The van der Waals surface area contributed by atoms with Gasteiger partial charge in [-0.25, -0.2) is 4.39 Å². The third kappa shape index (κ3) is 5.34. The number of hydrogen-bond acceptors (Lipinski definition) is 3. The number of ether oxygens (including phenoxy) is 2. The van der Waals surface area contributed by atoms with Crippen molar-refractivity contribution in [3.63, 3.8) is 0 Å². The predicted molar refractivity (Wildman–Crippen MR) is 63.8 cm³/mol. The fourth-order valence-electron chi connectivity index (χ4n) is 1.63. The van der Waals surface area contributed by atoms with E-state index in [2.05, 4.69) is 10.1 Å².